The fraction of sp³-hybridized carbons (Fsp3) is 0.250. The Bertz CT molecular complexity index is 347. The predicted octanol–water partition coefficient (Wildman–Crippen LogP) is -0.192. The first-order valence-corrected chi connectivity index (χ1v) is 8.40. The molecule has 0 aromatic heterocycles. The van der Waals surface area contributed by atoms with Crippen LogP contribution < -0.4 is 56.3 Å². The first-order chi connectivity index (χ1) is 6.53. The van der Waals surface area contributed by atoms with Gasteiger partial charge in [-0.2, -0.15) is 0 Å². The molecule has 1 atom stereocenters. The maximum atomic E-state index is 11.4. The van der Waals surface area contributed by atoms with Crippen molar-refractivity contribution in [1.29, 1.82) is 0 Å². The van der Waals surface area contributed by atoms with E-state index in [2.05, 4.69) is 0 Å². The van der Waals surface area contributed by atoms with Crippen LogP contribution in [0.2, 0.25) is 5.02 Å². The standard InChI is InChI=1S/C8H10ClO2PS2.K/c1-11-12(10,13)14-6-7-2-4-8(9)5-3-7;/h2-5H,6H2,1H3,(H,10,13);/q;+1/p-1. The molecule has 0 aliphatic heterocycles. The van der Waals surface area contributed by atoms with E-state index in [-0.39, 0.29) is 51.4 Å². The molecule has 0 saturated heterocycles. The van der Waals surface area contributed by atoms with Crippen LogP contribution in [0.1, 0.15) is 5.56 Å². The van der Waals surface area contributed by atoms with Crippen molar-refractivity contribution in [2.24, 2.45) is 0 Å². The van der Waals surface area contributed by atoms with E-state index in [1.165, 1.54) is 7.11 Å². The largest absolute Gasteiger partial charge is 1.00 e. The van der Waals surface area contributed by atoms with Gasteiger partial charge in [0.25, 0.3) is 0 Å². The fourth-order valence-corrected chi connectivity index (χ4v) is 3.23. The smallest absolute Gasteiger partial charge is 0.793 e. The van der Waals surface area contributed by atoms with Crippen LogP contribution >= 0.6 is 28.7 Å². The molecule has 78 valence electrons. The van der Waals surface area contributed by atoms with Crippen LogP contribution in [0, 0.1) is 0 Å². The zero-order valence-electron chi connectivity index (χ0n) is 8.47. The number of benzene rings is 1. The van der Waals surface area contributed by atoms with Crippen molar-refractivity contribution >= 4 is 40.5 Å². The second-order valence-corrected chi connectivity index (χ2v) is 9.12. The van der Waals surface area contributed by atoms with Crippen LogP contribution in [0.4, 0.5) is 0 Å². The third-order valence-corrected chi connectivity index (χ3v) is 6.18. The molecule has 15 heavy (non-hydrogen) atoms. The van der Waals surface area contributed by atoms with E-state index in [0.717, 1.165) is 16.9 Å². The topological polar surface area (TPSA) is 32.3 Å². The summed E-state index contributed by atoms with van der Waals surface area (Å²) in [6, 6.07) is 7.33. The van der Waals surface area contributed by atoms with Gasteiger partial charge in [-0.25, -0.2) is 0 Å². The molecule has 0 amide bonds. The number of rotatable bonds is 4. The SMILES string of the molecule is COP([O-])(=S)SCc1ccc(Cl)cc1.[K+]. The Hall–Kier alpha value is 2.07. The van der Waals surface area contributed by atoms with Crippen molar-refractivity contribution in [2.45, 2.75) is 5.75 Å². The summed E-state index contributed by atoms with van der Waals surface area (Å²) >= 11 is 11.6. The van der Waals surface area contributed by atoms with Crippen LogP contribution in [0.15, 0.2) is 24.3 Å². The van der Waals surface area contributed by atoms with Crippen molar-refractivity contribution in [2.75, 3.05) is 7.11 Å². The molecule has 0 aliphatic carbocycles. The second-order valence-electron chi connectivity index (χ2n) is 2.53. The summed E-state index contributed by atoms with van der Waals surface area (Å²) in [5, 5.41) is 0.687. The van der Waals surface area contributed by atoms with Gasteiger partial charge in [0.05, 0.1) is 0 Å². The van der Waals surface area contributed by atoms with Crippen LogP contribution in [0.3, 0.4) is 0 Å². The molecule has 1 rings (SSSR count). The van der Waals surface area contributed by atoms with Gasteiger partial charge < -0.3 is 9.42 Å². The third kappa shape index (κ3) is 7.16. The molecule has 0 bridgehead atoms. The number of hydrogen-bond acceptors (Lipinski definition) is 4. The van der Waals surface area contributed by atoms with Crippen LogP contribution in [-0.2, 0) is 22.1 Å². The summed E-state index contributed by atoms with van der Waals surface area (Å²) < 4.78 is 4.69. The first-order valence-electron chi connectivity index (χ1n) is 3.79. The van der Waals surface area contributed by atoms with Crippen molar-refractivity contribution in [3.8, 4) is 0 Å². The third-order valence-electron chi connectivity index (χ3n) is 1.53. The first kappa shape index (κ1) is 17.1. The predicted molar refractivity (Wildman–Crippen MR) is 64.0 cm³/mol. The van der Waals surface area contributed by atoms with Crippen molar-refractivity contribution < 1.29 is 60.8 Å². The van der Waals surface area contributed by atoms with Crippen molar-refractivity contribution in [3.05, 3.63) is 34.9 Å². The summed E-state index contributed by atoms with van der Waals surface area (Å²) in [7, 11) is 1.36. The second kappa shape index (κ2) is 8.22. The minimum Gasteiger partial charge on any atom is -0.793 e. The maximum absolute atomic E-state index is 11.4. The fourth-order valence-electron chi connectivity index (χ4n) is 0.787. The normalized spacial score (nSPS) is 14.1. The van der Waals surface area contributed by atoms with E-state index in [1.54, 1.807) is 12.1 Å². The van der Waals surface area contributed by atoms with Crippen molar-refractivity contribution in [1.82, 2.24) is 0 Å². The minimum absolute atomic E-state index is 0. The van der Waals surface area contributed by atoms with Crippen LogP contribution in [-0.4, -0.2) is 7.11 Å². The zero-order valence-corrected chi connectivity index (χ0v) is 14.9. The van der Waals surface area contributed by atoms with Crippen LogP contribution in [0.5, 0.6) is 0 Å². The molecule has 0 spiro atoms. The Labute approximate surface area is 146 Å². The van der Waals surface area contributed by atoms with Gasteiger partial charge in [-0.15, -0.1) is 11.4 Å². The Balaban J connectivity index is 0.00000196. The molecule has 0 saturated carbocycles. The van der Waals surface area contributed by atoms with E-state index in [0.29, 0.717) is 10.8 Å². The monoisotopic (exact) mass is 306 g/mol. The molecule has 1 unspecified atom stereocenters. The van der Waals surface area contributed by atoms with E-state index < -0.39 is 5.69 Å². The van der Waals surface area contributed by atoms with Gasteiger partial charge in [-0.3, -0.25) is 0 Å². The molecule has 0 fully saturated rings. The van der Waals surface area contributed by atoms with E-state index in [9.17, 15) is 4.89 Å². The molecule has 1 aromatic carbocycles. The molecule has 2 nitrogen and oxygen atoms in total. The van der Waals surface area contributed by atoms with Crippen molar-refractivity contribution in [3.63, 3.8) is 0 Å². The van der Waals surface area contributed by atoms with Crippen LogP contribution in [0.25, 0.3) is 0 Å². The average molecular weight is 307 g/mol. The number of hydrogen-bond donors (Lipinski definition) is 0. The molecule has 0 heterocycles. The van der Waals surface area contributed by atoms with Gasteiger partial charge in [-0.1, -0.05) is 35.5 Å². The minimum atomic E-state index is -2.88. The van der Waals surface area contributed by atoms with Gasteiger partial charge in [0.15, 0.2) is 0 Å². The summed E-state index contributed by atoms with van der Waals surface area (Å²) in [5.74, 6) is 0.575. The average Bonchev–Trinajstić information content (AvgIpc) is 2.17. The Morgan fingerprint density at radius 1 is 1.47 bits per heavy atom. The molecular weight excluding hydrogens is 298 g/mol. The molecule has 0 radical (unpaired) electrons. The molecule has 7 heteroatoms. The Kier molecular flexibility index (Phi) is 9.35. The molecule has 0 aliphatic rings. The van der Waals surface area contributed by atoms with Gasteiger partial charge >= 0.3 is 51.4 Å². The van der Waals surface area contributed by atoms with Gasteiger partial charge in [-0.05, 0) is 17.7 Å². The van der Waals surface area contributed by atoms with E-state index in [1.807, 2.05) is 12.1 Å². The Morgan fingerprint density at radius 3 is 2.47 bits per heavy atom. The molecule has 1 aromatic rings. The van der Waals surface area contributed by atoms with Gasteiger partial charge in [0.2, 0.25) is 0 Å². The molecular formula is C8H9ClKO2PS2. The maximum Gasteiger partial charge on any atom is 1.00 e. The molecule has 0 N–H and O–H groups in total. The van der Waals surface area contributed by atoms with Gasteiger partial charge in [0.1, 0.15) is 0 Å². The Morgan fingerprint density at radius 2 is 2.00 bits per heavy atom. The summed E-state index contributed by atoms with van der Waals surface area (Å²) in [6.07, 6.45) is 0. The van der Waals surface area contributed by atoms with E-state index >= 15 is 0 Å². The summed E-state index contributed by atoms with van der Waals surface area (Å²) in [6.45, 7) is 0. The quantitative estimate of drug-likeness (QED) is 0.570. The summed E-state index contributed by atoms with van der Waals surface area (Å²) in [5.41, 5.74) is -1.85. The summed E-state index contributed by atoms with van der Waals surface area (Å²) in [4.78, 5) is 11.4. The van der Waals surface area contributed by atoms with E-state index in [4.69, 9.17) is 27.9 Å². The number of halogens is 1. The van der Waals surface area contributed by atoms with Gasteiger partial charge in [0, 0.05) is 23.6 Å². The zero-order chi connectivity index (χ0) is 10.6.